The summed E-state index contributed by atoms with van der Waals surface area (Å²) in [6.45, 7) is 11.7. The number of rotatable bonds is 1. The summed E-state index contributed by atoms with van der Waals surface area (Å²) >= 11 is 0. The number of esters is 1. The summed E-state index contributed by atoms with van der Waals surface area (Å²) in [6, 6.07) is 0. The van der Waals surface area contributed by atoms with Gasteiger partial charge in [0.05, 0.1) is 12.0 Å². The number of amides is 1. The van der Waals surface area contributed by atoms with E-state index in [1.165, 1.54) is 4.90 Å². The Morgan fingerprint density at radius 1 is 1.15 bits per heavy atom. The van der Waals surface area contributed by atoms with E-state index in [1.54, 1.807) is 20.8 Å². The van der Waals surface area contributed by atoms with Crippen LogP contribution in [-0.2, 0) is 14.3 Å². The average molecular weight is 283 g/mol. The quantitative estimate of drug-likeness (QED) is 0.548. The normalized spacial score (nSPS) is 19.7. The second-order valence-corrected chi connectivity index (χ2v) is 7.01. The maximum atomic E-state index is 12.0. The zero-order valence-electron chi connectivity index (χ0n) is 13.2. The third-order valence-corrected chi connectivity index (χ3v) is 2.60. The molecule has 0 aromatic heterocycles. The summed E-state index contributed by atoms with van der Waals surface area (Å²) in [5.74, 6) is -0.279. The van der Waals surface area contributed by atoms with Gasteiger partial charge in [-0.2, -0.15) is 0 Å². The van der Waals surface area contributed by atoms with Gasteiger partial charge in [0.1, 0.15) is 11.7 Å². The minimum atomic E-state index is -0.554. The van der Waals surface area contributed by atoms with E-state index < -0.39 is 23.2 Å². The monoisotopic (exact) mass is 283 g/mol. The fourth-order valence-electron chi connectivity index (χ4n) is 1.56. The van der Waals surface area contributed by atoms with Crippen molar-refractivity contribution in [2.45, 2.75) is 53.2 Å². The zero-order chi connectivity index (χ0) is 15.6. The first-order valence-corrected chi connectivity index (χ1v) is 6.85. The number of ether oxygens (including phenoxy) is 2. The molecule has 1 rings (SSSR count). The van der Waals surface area contributed by atoms with E-state index in [4.69, 9.17) is 9.47 Å². The molecule has 0 radical (unpaired) electrons. The Hall–Kier alpha value is -1.52. The molecule has 1 unspecified atom stereocenters. The first-order valence-electron chi connectivity index (χ1n) is 6.85. The third kappa shape index (κ3) is 5.23. The molecule has 1 atom stereocenters. The number of hydrogen-bond donors (Lipinski definition) is 0. The molecule has 0 saturated heterocycles. The highest BCUT2D eigenvalue weighted by Crippen LogP contribution is 2.19. The lowest BCUT2D eigenvalue weighted by Gasteiger charge is -2.31. The summed E-state index contributed by atoms with van der Waals surface area (Å²) in [6.07, 6.45) is 2.82. The van der Waals surface area contributed by atoms with Crippen LogP contribution in [0.4, 0.5) is 4.79 Å². The van der Waals surface area contributed by atoms with Crippen molar-refractivity contribution in [3.8, 4) is 0 Å². The Morgan fingerprint density at radius 2 is 1.75 bits per heavy atom. The maximum Gasteiger partial charge on any atom is 0.410 e. The molecule has 0 aromatic carbocycles. The number of carbonyl (C=O) groups is 2. The van der Waals surface area contributed by atoms with Crippen LogP contribution < -0.4 is 0 Å². The average Bonchev–Trinajstić information content (AvgIpc) is 2.25. The summed E-state index contributed by atoms with van der Waals surface area (Å²) in [5.41, 5.74) is -1.09. The minimum Gasteiger partial charge on any atom is -0.456 e. The van der Waals surface area contributed by atoms with Gasteiger partial charge < -0.3 is 14.4 Å². The SMILES string of the molecule is CC(C)(C)OC(=O)N1CC=CC(OC(=O)C(C)(C)C)C1. The Labute approximate surface area is 120 Å². The van der Waals surface area contributed by atoms with Gasteiger partial charge in [-0.25, -0.2) is 4.79 Å². The number of nitrogens with zero attached hydrogens (tertiary/aromatic N) is 1. The summed E-state index contributed by atoms with van der Waals surface area (Å²) in [7, 11) is 0. The van der Waals surface area contributed by atoms with Gasteiger partial charge in [-0.15, -0.1) is 0 Å². The summed E-state index contributed by atoms with van der Waals surface area (Å²) in [4.78, 5) is 25.4. The van der Waals surface area contributed by atoms with Crippen molar-refractivity contribution in [1.82, 2.24) is 4.90 Å². The van der Waals surface area contributed by atoms with Crippen LogP contribution in [0.1, 0.15) is 41.5 Å². The highest BCUT2D eigenvalue weighted by atomic mass is 16.6. The molecule has 20 heavy (non-hydrogen) atoms. The van der Waals surface area contributed by atoms with Gasteiger partial charge in [0, 0.05) is 6.54 Å². The van der Waals surface area contributed by atoms with Crippen molar-refractivity contribution in [2.75, 3.05) is 13.1 Å². The fourth-order valence-corrected chi connectivity index (χ4v) is 1.56. The van der Waals surface area contributed by atoms with E-state index in [0.717, 1.165) is 0 Å². The molecule has 1 aliphatic rings. The van der Waals surface area contributed by atoms with E-state index in [0.29, 0.717) is 13.1 Å². The minimum absolute atomic E-state index is 0.279. The Morgan fingerprint density at radius 3 is 2.25 bits per heavy atom. The molecule has 0 aromatic rings. The second-order valence-electron chi connectivity index (χ2n) is 7.01. The van der Waals surface area contributed by atoms with E-state index >= 15 is 0 Å². The van der Waals surface area contributed by atoms with E-state index in [9.17, 15) is 9.59 Å². The molecule has 1 amide bonds. The standard InChI is InChI=1S/C15H25NO4/c1-14(2,3)12(17)19-11-8-7-9-16(10-11)13(18)20-15(4,5)6/h7-8,11H,9-10H2,1-6H3. The Kier molecular flexibility index (Phi) is 4.84. The molecule has 0 saturated carbocycles. The predicted molar refractivity (Wildman–Crippen MR) is 76.3 cm³/mol. The van der Waals surface area contributed by atoms with Crippen LogP contribution in [0.25, 0.3) is 0 Å². The molecular weight excluding hydrogens is 258 g/mol. The van der Waals surface area contributed by atoms with Crippen molar-refractivity contribution in [3.63, 3.8) is 0 Å². The molecule has 0 spiro atoms. The van der Waals surface area contributed by atoms with Gasteiger partial charge >= 0.3 is 12.1 Å². The van der Waals surface area contributed by atoms with Crippen molar-refractivity contribution in [2.24, 2.45) is 5.41 Å². The van der Waals surface area contributed by atoms with Crippen LogP contribution in [0.3, 0.4) is 0 Å². The van der Waals surface area contributed by atoms with Gasteiger partial charge in [0.25, 0.3) is 0 Å². The molecule has 0 fully saturated rings. The van der Waals surface area contributed by atoms with Crippen LogP contribution in [0.2, 0.25) is 0 Å². The van der Waals surface area contributed by atoms with E-state index in [-0.39, 0.29) is 5.97 Å². The molecule has 5 heteroatoms. The first kappa shape index (κ1) is 16.5. The number of hydrogen-bond acceptors (Lipinski definition) is 4. The third-order valence-electron chi connectivity index (χ3n) is 2.60. The Bertz CT molecular complexity index is 401. The molecule has 5 nitrogen and oxygen atoms in total. The van der Waals surface area contributed by atoms with Gasteiger partial charge in [-0.1, -0.05) is 6.08 Å². The molecule has 114 valence electrons. The lowest BCUT2D eigenvalue weighted by atomic mass is 9.97. The predicted octanol–water partition coefficient (Wildman–Crippen LogP) is 2.75. The molecule has 1 heterocycles. The van der Waals surface area contributed by atoms with E-state index in [2.05, 4.69) is 0 Å². The fraction of sp³-hybridized carbons (Fsp3) is 0.733. The lowest BCUT2D eigenvalue weighted by Crippen LogP contribution is -2.44. The molecule has 0 aliphatic carbocycles. The second kappa shape index (κ2) is 5.85. The van der Waals surface area contributed by atoms with Crippen LogP contribution in [-0.4, -0.2) is 41.8 Å². The summed E-state index contributed by atoms with van der Waals surface area (Å²) < 4.78 is 10.7. The molecular formula is C15H25NO4. The van der Waals surface area contributed by atoms with Crippen molar-refractivity contribution in [3.05, 3.63) is 12.2 Å². The van der Waals surface area contributed by atoms with E-state index in [1.807, 2.05) is 32.9 Å². The number of carbonyl (C=O) groups excluding carboxylic acids is 2. The molecule has 0 N–H and O–H groups in total. The smallest absolute Gasteiger partial charge is 0.410 e. The topological polar surface area (TPSA) is 55.8 Å². The van der Waals surface area contributed by atoms with Crippen molar-refractivity contribution < 1.29 is 19.1 Å². The molecule has 0 bridgehead atoms. The van der Waals surface area contributed by atoms with Gasteiger partial charge in [-0.3, -0.25) is 4.79 Å². The largest absolute Gasteiger partial charge is 0.456 e. The highest BCUT2D eigenvalue weighted by molar-refractivity contribution is 5.76. The Balaban J connectivity index is 2.59. The first-order chi connectivity index (χ1) is 8.99. The van der Waals surface area contributed by atoms with Crippen molar-refractivity contribution >= 4 is 12.1 Å². The zero-order valence-corrected chi connectivity index (χ0v) is 13.2. The lowest BCUT2D eigenvalue weighted by molar-refractivity contribution is -0.157. The van der Waals surface area contributed by atoms with Crippen molar-refractivity contribution in [1.29, 1.82) is 0 Å². The van der Waals surface area contributed by atoms with Crippen LogP contribution in [0, 0.1) is 5.41 Å². The van der Waals surface area contributed by atoms with Crippen LogP contribution >= 0.6 is 0 Å². The summed E-state index contributed by atoms with van der Waals surface area (Å²) in [5, 5.41) is 0. The molecule has 1 aliphatic heterocycles. The highest BCUT2D eigenvalue weighted by Gasteiger charge is 2.30. The van der Waals surface area contributed by atoms with Crippen LogP contribution in [0.15, 0.2) is 12.2 Å². The maximum absolute atomic E-state index is 12.0. The van der Waals surface area contributed by atoms with Gasteiger partial charge in [-0.05, 0) is 47.6 Å². The van der Waals surface area contributed by atoms with Gasteiger partial charge in [0.2, 0.25) is 0 Å². The van der Waals surface area contributed by atoms with Gasteiger partial charge in [0.15, 0.2) is 0 Å². The van der Waals surface area contributed by atoms with Crippen LogP contribution in [0.5, 0.6) is 0 Å².